The molecule has 3 rings (SSSR count). The first-order chi connectivity index (χ1) is 10.8. The van der Waals surface area contributed by atoms with Gasteiger partial charge in [-0.1, -0.05) is 12.1 Å². The number of amides is 2. The SMILES string of the molecule is CC(=O)N1CC(C(=O)N2CC(C(C)(C)O)C2)Oc2ccccc21. The maximum atomic E-state index is 12.6. The van der Waals surface area contributed by atoms with E-state index >= 15 is 0 Å². The second-order valence-corrected chi connectivity index (χ2v) is 6.80. The molecule has 0 radical (unpaired) electrons. The fraction of sp³-hybridized carbons (Fsp3) is 0.529. The largest absolute Gasteiger partial charge is 0.476 e. The highest BCUT2D eigenvalue weighted by atomic mass is 16.5. The summed E-state index contributed by atoms with van der Waals surface area (Å²) in [6.07, 6.45) is -0.698. The van der Waals surface area contributed by atoms with Crippen molar-refractivity contribution < 1.29 is 19.4 Å². The molecule has 2 aliphatic heterocycles. The number of nitrogens with zero attached hydrogens (tertiary/aromatic N) is 2. The van der Waals surface area contributed by atoms with Gasteiger partial charge in [0.25, 0.3) is 5.91 Å². The topological polar surface area (TPSA) is 70.1 Å². The molecule has 2 heterocycles. The number of carbonyl (C=O) groups is 2. The molecule has 2 amide bonds. The Morgan fingerprint density at radius 1 is 1.22 bits per heavy atom. The van der Waals surface area contributed by atoms with E-state index in [2.05, 4.69) is 0 Å². The van der Waals surface area contributed by atoms with Crippen LogP contribution in [-0.4, -0.2) is 53.2 Å². The highest BCUT2D eigenvalue weighted by molar-refractivity contribution is 5.96. The molecule has 1 N–H and O–H groups in total. The fourth-order valence-corrected chi connectivity index (χ4v) is 2.97. The van der Waals surface area contributed by atoms with Crippen LogP contribution in [0, 0.1) is 5.92 Å². The van der Waals surface area contributed by atoms with Crippen molar-refractivity contribution in [1.29, 1.82) is 0 Å². The Morgan fingerprint density at radius 2 is 1.87 bits per heavy atom. The summed E-state index contributed by atoms with van der Waals surface area (Å²) >= 11 is 0. The van der Waals surface area contributed by atoms with Gasteiger partial charge in [-0.3, -0.25) is 9.59 Å². The van der Waals surface area contributed by atoms with Crippen LogP contribution in [0.3, 0.4) is 0 Å². The third-order valence-corrected chi connectivity index (χ3v) is 4.62. The fourth-order valence-electron chi connectivity index (χ4n) is 2.97. The number of aliphatic hydroxyl groups is 1. The summed E-state index contributed by atoms with van der Waals surface area (Å²) in [6.45, 7) is 6.24. The number of ether oxygens (including phenoxy) is 1. The highest BCUT2D eigenvalue weighted by Gasteiger charge is 2.43. The summed E-state index contributed by atoms with van der Waals surface area (Å²) < 4.78 is 5.80. The van der Waals surface area contributed by atoms with E-state index in [-0.39, 0.29) is 24.3 Å². The van der Waals surface area contributed by atoms with Gasteiger partial charge >= 0.3 is 0 Å². The molecule has 1 atom stereocenters. The van der Waals surface area contributed by atoms with Crippen LogP contribution in [0.1, 0.15) is 20.8 Å². The number of benzene rings is 1. The normalized spacial score (nSPS) is 21.3. The maximum Gasteiger partial charge on any atom is 0.265 e. The predicted molar refractivity (Wildman–Crippen MR) is 85.3 cm³/mol. The molecule has 2 aliphatic rings. The summed E-state index contributed by atoms with van der Waals surface area (Å²) in [7, 11) is 0. The van der Waals surface area contributed by atoms with Gasteiger partial charge in [0.05, 0.1) is 17.8 Å². The first kappa shape index (κ1) is 15.8. The van der Waals surface area contributed by atoms with E-state index in [1.165, 1.54) is 6.92 Å². The smallest absolute Gasteiger partial charge is 0.265 e. The van der Waals surface area contributed by atoms with Crippen LogP contribution in [0.4, 0.5) is 5.69 Å². The Morgan fingerprint density at radius 3 is 2.48 bits per heavy atom. The van der Waals surface area contributed by atoms with E-state index in [1.54, 1.807) is 29.7 Å². The van der Waals surface area contributed by atoms with E-state index < -0.39 is 11.7 Å². The molecular formula is C17H22N2O4. The van der Waals surface area contributed by atoms with Crippen LogP contribution in [0.2, 0.25) is 0 Å². The van der Waals surface area contributed by atoms with E-state index in [1.807, 2.05) is 18.2 Å². The van der Waals surface area contributed by atoms with Crippen molar-refractivity contribution in [3.05, 3.63) is 24.3 Å². The van der Waals surface area contributed by atoms with Gasteiger partial charge in [-0.2, -0.15) is 0 Å². The molecule has 0 aliphatic carbocycles. The van der Waals surface area contributed by atoms with E-state index in [4.69, 9.17) is 4.74 Å². The molecule has 1 fully saturated rings. The third kappa shape index (κ3) is 2.91. The Labute approximate surface area is 135 Å². The van der Waals surface area contributed by atoms with Crippen molar-refractivity contribution in [3.8, 4) is 5.75 Å². The number of hydrogen-bond donors (Lipinski definition) is 1. The van der Waals surface area contributed by atoms with Gasteiger partial charge < -0.3 is 19.6 Å². The van der Waals surface area contributed by atoms with Gasteiger partial charge in [-0.25, -0.2) is 0 Å². The molecule has 23 heavy (non-hydrogen) atoms. The Balaban J connectivity index is 1.73. The summed E-state index contributed by atoms with van der Waals surface area (Å²) in [5.41, 5.74) is -0.0931. The lowest BCUT2D eigenvalue weighted by Crippen LogP contribution is -2.62. The van der Waals surface area contributed by atoms with Crippen LogP contribution >= 0.6 is 0 Å². The molecule has 1 aromatic carbocycles. The summed E-state index contributed by atoms with van der Waals surface area (Å²) in [4.78, 5) is 27.7. The van der Waals surface area contributed by atoms with E-state index in [0.717, 1.165) is 0 Å². The van der Waals surface area contributed by atoms with E-state index in [9.17, 15) is 14.7 Å². The monoisotopic (exact) mass is 318 g/mol. The third-order valence-electron chi connectivity index (χ3n) is 4.62. The average molecular weight is 318 g/mol. The predicted octanol–water partition coefficient (Wildman–Crippen LogP) is 1.03. The zero-order chi connectivity index (χ0) is 16.8. The Kier molecular flexibility index (Phi) is 3.80. The molecule has 1 unspecified atom stereocenters. The van der Waals surface area contributed by atoms with Crippen molar-refractivity contribution in [3.63, 3.8) is 0 Å². The molecular weight excluding hydrogens is 296 g/mol. The second kappa shape index (κ2) is 5.53. The van der Waals surface area contributed by atoms with Crippen LogP contribution in [0.5, 0.6) is 5.75 Å². The quantitative estimate of drug-likeness (QED) is 0.884. The van der Waals surface area contributed by atoms with Crippen molar-refractivity contribution in [2.45, 2.75) is 32.5 Å². The molecule has 0 aromatic heterocycles. The maximum absolute atomic E-state index is 12.6. The molecule has 1 saturated heterocycles. The molecule has 6 heteroatoms. The van der Waals surface area contributed by atoms with Gasteiger partial charge in [0, 0.05) is 25.9 Å². The Hall–Kier alpha value is -2.08. The van der Waals surface area contributed by atoms with Crippen LogP contribution in [-0.2, 0) is 9.59 Å². The van der Waals surface area contributed by atoms with Gasteiger partial charge in [-0.05, 0) is 26.0 Å². The van der Waals surface area contributed by atoms with Gasteiger partial charge in [0.15, 0.2) is 6.10 Å². The number of anilines is 1. The number of carbonyl (C=O) groups excluding carboxylic acids is 2. The Bertz CT molecular complexity index is 632. The number of para-hydroxylation sites is 2. The zero-order valence-electron chi connectivity index (χ0n) is 13.7. The average Bonchev–Trinajstić information content (AvgIpc) is 2.42. The van der Waals surface area contributed by atoms with Gasteiger partial charge in [0.1, 0.15) is 5.75 Å². The number of fused-ring (bicyclic) bond motifs is 1. The molecule has 1 aromatic rings. The summed E-state index contributed by atoms with van der Waals surface area (Å²) in [6, 6.07) is 7.23. The van der Waals surface area contributed by atoms with E-state index in [0.29, 0.717) is 24.5 Å². The number of likely N-dealkylation sites (tertiary alicyclic amines) is 1. The van der Waals surface area contributed by atoms with Crippen molar-refractivity contribution >= 4 is 17.5 Å². The minimum Gasteiger partial charge on any atom is -0.476 e. The molecule has 0 saturated carbocycles. The zero-order valence-corrected chi connectivity index (χ0v) is 13.7. The van der Waals surface area contributed by atoms with Crippen molar-refractivity contribution in [2.75, 3.05) is 24.5 Å². The lowest BCUT2D eigenvalue weighted by Gasteiger charge is -2.47. The summed E-state index contributed by atoms with van der Waals surface area (Å²) in [5, 5.41) is 9.97. The van der Waals surface area contributed by atoms with Crippen molar-refractivity contribution in [2.24, 2.45) is 5.92 Å². The van der Waals surface area contributed by atoms with Crippen LogP contribution in [0.25, 0.3) is 0 Å². The van der Waals surface area contributed by atoms with Gasteiger partial charge in [-0.15, -0.1) is 0 Å². The lowest BCUT2D eigenvalue weighted by atomic mass is 9.84. The minimum atomic E-state index is -0.789. The van der Waals surface area contributed by atoms with Gasteiger partial charge in [0.2, 0.25) is 5.91 Å². The molecule has 6 nitrogen and oxygen atoms in total. The standard InChI is InChI=1S/C17H22N2O4/c1-11(20)19-10-15(23-14-7-5-4-6-13(14)19)16(21)18-8-12(9-18)17(2,3)22/h4-7,12,15,22H,8-10H2,1-3H3. The molecule has 0 spiro atoms. The number of rotatable bonds is 2. The number of hydrogen-bond acceptors (Lipinski definition) is 4. The minimum absolute atomic E-state index is 0.0752. The van der Waals surface area contributed by atoms with Crippen molar-refractivity contribution in [1.82, 2.24) is 4.90 Å². The second-order valence-electron chi connectivity index (χ2n) is 6.80. The molecule has 124 valence electrons. The highest BCUT2D eigenvalue weighted by Crippen LogP contribution is 2.35. The van der Waals surface area contributed by atoms with Crippen LogP contribution in [0.15, 0.2) is 24.3 Å². The lowest BCUT2D eigenvalue weighted by molar-refractivity contribution is -0.152. The first-order valence-electron chi connectivity index (χ1n) is 7.82. The van der Waals surface area contributed by atoms with Crippen LogP contribution < -0.4 is 9.64 Å². The summed E-state index contributed by atoms with van der Waals surface area (Å²) in [5.74, 6) is 0.376. The molecule has 0 bridgehead atoms. The first-order valence-corrected chi connectivity index (χ1v) is 7.82.